The van der Waals surface area contributed by atoms with Crippen LogP contribution in [0, 0.1) is 5.92 Å². The molecule has 1 N–H and O–H groups in total. The average molecular weight is 276 g/mol. The van der Waals surface area contributed by atoms with E-state index in [0.717, 1.165) is 25.1 Å². The van der Waals surface area contributed by atoms with Crippen LogP contribution in [-0.2, 0) is 12.8 Å². The van der Waals surface area contributed by atoms with Crippen molar-refractivity contribution in [1.82, 2.24) is 10.3 Å². The molecular weight excluding hydrogens is 256 g/mol. The van der Waals surface area contributed by atoms with Crippen molar-refractivity contribution in [2.75, 3.05) is 20.7 Å². The maximum Gasteiger partial charge on any atom is 0.119 e. The minimum Gasteiger partial charge on any atom is -0.497 e. The van der Waals surface area contributed by atoms with E-state index >= 15 is 0 Å². The molecule has 4 heteroatoms. The first-order valence-electron chi connectivity index (χ1n) is 6.46. The quantitative estimate of drug-likeness (QED) is 0.844. The van der Waals surface area contributed by atoms with Gasteiger partial charge in [0.2, 0.25) is 0 Å². The first kappa shape index (κ1) is 14.0. The van der Waals surface area contributed by atoms with Gasteiger partial charge in [0.05, 0.1) is 18.3 Å². The molecule has 0 radical (unpaired) electrons. The second-order valence-electron chi connectivity index (χ2n) is 4.66. The molecular formula is C15H20N2OS. The van der Waals surface area contributed by atoms with Crippen LogP contribution in [0.15, 0.2) is 35.2 Å². The fourth-order valence-electron chi connectivity index (χ4n) is 2.27. The van der Waals surface area contributed by atoms with Gasteiger partial charge in [-0.05, 0) is 50.0 Å². The molecule has 102 valence electrons. The normalized spacial score (nSPS) is 12.3. The van der Waals surface area contributed by atoms with Crippen LogP contribution in [0.4, 0.5) is 0 Å². The molecule has 0 aliphatic heterocycles. The number of hydrogen-bond acceptors (Lipinski definition) is 4. The van der Waals surface area contributed by atoms with Gasteiger partial charge in [0, 0.05) is 5.38 Å². The van der Waals surface area contributed by atoms with E-state index in [1.54, 1.807) is 18.4 Å². The summed E-state index contributed by atoms with van der Waals surface area (Å²) in [6.07, 6.45) is 2.05. The first-order chi connectivity index (χ1) is 9.31. The van der Waals surface area contributed by atoms with Crippen LogP contribution in [0.3, 0.4) is 0 Å². The van der Waals surface area contributed by atoms with E-state index in [-0.39, 0.29) is 0 Å². The van der Waals surface area contributed by atoms with Crippen molar-refractivity contribution < 1.29 is 4.74 Å². The Hall–Kier alpha value is -1.39. The van der Waals surface area contributed by atoms with Gasteiger partial charge in [0.15, 0.2) is 0 Å². The Morgan fingerprint density at radius 3 is 2.95 bits per heavy atom. The number of rotatable bonds is 7. The molecule has 1 aromatic heterocycles. The third kappa shape index (κ3) is 4.33. The second-order valence-corrected chi connectivity index (χ2v) is 5.38. The van der Waals surface area contributed by atoms with E-state index in [2.05, 4.69) is 27.8 Å². The Morgan fingerprint density at radius 1 is 1.37 bits per heavy atom. The molecule has 0 amide bonds. The minimum absolute atomic E-state index is 0.555. The lowest BCUT2D eigenvalue weighted by atomic mass is 9.95. The summed E-state index contributed by atoms with van der Waals surface area (Å²) in [7, 11) is 3.71. The van der Waals surface area contributed by atoms with Gasteiger partial charge in [-0.3, -0.25) is 0 Å². The van der Waals surface area contributed by atoms with Gasteiger partial charge >= 0.3 is 0 Å². The number of benzene rings is 1. The molecule has 0 saturated carbocycles. The molecule has 0 aliphatic rings. The molecule has 0 spiro atoms. The van der Waals surface area contributed by atoms with Crippen molar-refractivity contribution in [1.29, 1.82) is 0 Å². The highest BCUT2D eigenvalue weighted by Gasteiger charge is 2.11. The van der Waals surface area contributed by atoms with Gasteiger partial charge in [-0.1, -0.05) is 12.1 Å². The van der Waals surface area contributed by atoms with Gasteiger partial charge < -0.3 is 10.1 Å². The van der Waals surface area contributed by atoms with Gasteiger partial charge in [-0.2, -0.15) is 0 Å². The maximum atomic E-state index is 5.28. The molecule has 1 atom stereocenters. The van der Waals surface area contributed by atoms with Crippen LogP contribution >= 0.6 is 11.3 Å². The summed E-state index contributed by atoms with van der Waals surface area (Å²) >= 11 is 1.66. The summed E-state index contributed by atoms with van der Waals surface area (Å²) in [5.74, 6) is 1.48. The Bertz CT molecular complexity index is 485. The van der Waals surface area contributed by atoms with Crippen LogP contribution in [0.25, 0.3) is 0 Å². The van der Waals surface area contributed by atoms with Gasteiger partial charge in [0.25, 0.3) is 0 Å². The van der Waals surface area contributed by atoms with E-state index < -0.39 is 0 Å². The number of nitrogens with one attached hydrogen (secondary N) is 1. The Balaban J connectivity index is 2.02. The lowest BCUT2D eigenvalue weighted by Gasteiger charge is -2.16. The van der Waals surface area contributed by atoms with Crippen LogP contribution < -0.4 is 10.1 Å². The summed E-state index contributed by atoms with van der Waals surface area (Å²) in [6, 6.07) is 8.31. The Morgan fingerprint density at radius 2 is 2.26 bits per heavy atom. The lowest BCUT2D eigenvalue weighted by Crippen LogP contribution is -2.22. The summed E-state index contributed by atoms with van der Waals surface area (Å²) in [6.45, 7) is 0.995. The highest BCUT2D eigenvalue weighted by Crippen LogP contribution is 2.18. The zero-order chi connectivity index (χ0) is 13.5. The van der Waals surface area contributed by atoms with Crippen molar-refractivity contribution in [3.63, 3.8) is 0 Å². The van der Waals surface area contributed by atoms with Crippen molar-refractivity contribution in [3.05, 3.63) is 46.4 Å². The maximum absolute atomic E-state index is 5.28. The van der Waals surface area contributed by atoms with E-state index in [1.165, 1.54) is 11.3 Å². The number of hydrogen-bond donors (Lipinski definition) is 1. The molecule has 1 aromatic carbocycles. The highest BCUT2D eigenvalue weighted by atomic mass is 32.1. The molecule has 0 saturated heterocycles. The SMILES string of the molecule is CNCC(Cc1cccc(OC)c1)Cc1cscn1. The molecule has 19 heavy (non-hydrogen) atoms. The average Bonchev–Trinajstić information content (AvgIpc) is 2.92. The molecule has 0 fully saturated rings. The highest BCUT2D eigenvalue weighted by molar-refractivity contribution is 7.07. The number of thiazole rings is 1. The van der Waals surface area contributed by atoms with Crippen molar-refractivity contribution >= 4 is 11.3 Å². The third-order valence-electron chi connectivity index (χ3n) is 3.13. The van der Waals surface area contributed by atoms with E-state index in [9.17, 15) is 0 Å². The number of aromatic nitrogens is 1. The van der Waals surface area contributed by atoms with Crippen LogP contribution in [-0.4, -0.2) is 25.7 Å². The van der Waals surface area contributed by atoms with E-state index in [4.69, 9.17) is 4.74 Å². The molecule has 0 aliphatic carbocycles. The number of nitrogens with zero attached hydrogens (tertiary/aromatic N) is 1. The smallest absolute Gasteiger partial charge is 0.119 e. The minimum atomic E-state index is 0.555. The van der Waals surface area contributed by atoms with Crippen molar-refractivity contribution in [2.45, 2.75) is 12.8 Å². The monoisotopic (exact) mass is 276 g/mol. The van der Waals surface area contributed by atoms with Crippen molar-refractivity contribution in [3.8, 4) is 5.75 Å². The molecule has 1 unspecified atom stereocenters. The van der Waals surface area contributed by atoms with Gasteiger partial charge in [-0.25, -0.2) is 4.98 Å². The standard InChI is InChI=1S/C15H20N2OS/c1-16-9-13(7-14-10-19-11-17-14)6-12-4-3-5-15(8-12)18-2/h3-5,8,10-11,13,16H,6-7,9H2,1-2H3. The fourth-order valence-corrected chi connectivity index (χ4v) is 2.84. The topological polar surface area (TPSA) is 34.1 Å². The van der Waals surface area contributed by atoms with Crippen LogP contribution in [0.2, 0.25) is 0 Å². The zero-order valence-corrected chi connectivity index (χ0v) is 12.2. The van der Waals surface area contributed by atoms with Gasteiger partial charge in [0.1, 0.15) is 5.75 Å². The van der Waals surface area contributed by atoms with Crippen LogP contribution in [0.5, 0.6) is 5.75 Å². The second kappa shape index (κ2) is 7.26. The molecule has 2 aromatic rings. The predicted octanol–water partition coefficient (Wildman–Crippen LogP) is 2.77. The first-order valence-corrected chi connectivity index (χ1v) is 7.40. The number of methoxy groups -OCH3 is 1. The fraction of sp³-hybridized carbons (Fsp3) is 0.400. The van der Waals surface area contributed by atoms with Crippen molar-refractivity contribution in [2.24, 2.45) is 5.92 Å². The molecule has 3 nitrogen and oxygen atoms in total. The summed E-state index contributed by atoms with van der Waals surface area (Å²) in [5.41, 5.74) is 4.40. The molecule has 2 rings (SSSR count). The third-order valence-corrected chi connectivity index (χ3v) is 3.77. The molecule has 0 bridgehead atoms. The summed E-state index contributed by atoms with van der Waals surface area (Å²) in [5, 5.41) is 5.41. The Kier molecular flexibility index (Phi) is 5.36. The van der Waals surface area contributed by atoms with Crippen LogP contribution in [0.1, 0.15) is 11.3 Å². The van der Waals surface area contributed by atoms with E-state index in [1.807, 2.05) is 24.7 Å². The Labute approximate surface area is 118 Å². The van der Waals surface area contributed by atoms with E-state index in [0.29, 0.717) is 5.92 Å². The summed E-state index contributed by atoms with van der Waals surface area (Å²) in [4.78, 5) is 4.38. The zero-order valence-electron chi connectivity index (χ0n) is 11.4. The predicted molar refractivity (Wildman–Crippen MR) is 79.9 cm³/mol. The number of ether oxygens (including phenoxy) is 1. The summed E-state index contributed by atoms with van der Waals surface area (Å²) < 4.78 is 5.28. The largest absolute Gasteiger partial charge is 0.497 e. The van der Waals surface area contributed by atoms with Gasteiger partial charge in [-0.15, -0.1) is 11.3 Å². The molecule has 1 heterocycles. The lowest BCUT2D eigenvalue weighted by molar-refractivity contribution is 0.413.